The average molecular weight is 144 g/mol. The second kappa shape index (κ2) is 4.47. The Kier molecular flexibility index (Phi) is 3.93. The van der Waals surface area contributed by atoms with Crippen molar-refractivity contribution < 1.29 is 0 Å². The topological polar surface area (TPSA) is 30.5 Å². The number of nitrogens with zero attached hydrogens (tertiary/aromatic N) is 1. The van der Waals surface area contributed by atoms with Crippen molar-refractivity contribution in [2.75, 3.05) is 0 Å². The maximum Gasteiger partial charge on any atom is 0 e. The van der Waals surface area contributed by atoms with Gasteiger partial charge < -0.3 is 0 Å². The lowest BCUT2D eigenvalue weighted by Crippen LogP contribution is -1.76. The van der Waals surface area contributed by atoms with E-state index in [9.17, 15) is 0 Å². The molecule has 0 heterocycles. The van der Waals surface area contributed by atoms with Gasteiger partial charge in [-0.3, -0.25) is 0 Å². The van der Waals surface area contributed by atoms with Crippen LogP contribution in [-0.4, -0.2) is 0 Å². The maximum atomic E-state index is 3.69. The van der Waals surface area contributed by atoms with Gasteiger partial charge in [0.25, 0.3) is 0 Å². The van der Waals surface area contributed by atoms with Crippen LogP contribution in [0.1, 0.15) is 11.1 Å². The second-order valence-corrected chi connectivity index (χ2v) is 2.04. The van der Waals surface area contributed by atoms with Crippen molar-refractivity contribution in [1.29, 1.82) is 0 Å². The van der Waals surface area contributed by atoms with Crippen LogP contribution in [0.4, 0.5) is 0 Å². The average Bonchev–Trinajstić information content (AvgIpc) is 2.04. The number of benzene rings is 1. The molecular formula is C10H10N. The second-order valence-electron chi connectivity index (χ2n) is 2.04. The third-order valence-electron chi connectivity index (χ3n) is 1.44. The Bertz CT molecular complexity index is 224. The smallest absolute Gasteiger partial charge is 0 e. The highest BCUT2D eigenvalue weighted by Crippen LogP contribution is 2.10. The molecule has 1 aromatic carbocycles. The summed E-state index contributed by atoms with van der Waals surface area (Å²) < 4.78 is 0. The van der Waals surface area contributed by atoms with Gasteiger partial charge >= 0.3 is 0 Å². The van der Waals surface area contributed by atoms with E-state index in [-0.39, 0.29) is 6.15 Å². The molecule has 0 amide bonds. The van der Waals surface area contributed by atoms with E-state index in [1.807, 2.05) is 36.4 Å². The fraction of sp³-hybridized carbons (Fsp3) is 0. The number of hydrogen-bond donors (Lipinski definition) is 0. The van der Waals surface area contributed by atoms with Crippen molar-refractivity contribution in [1.82, 2.24) is 6.15 Å². The van der Waals surface area contributed by atoms with Gasteiger partial charge in [0.05, 0.1) is 0 Å². The van der Waals surface area contributed by atoms with Crippen LogP contribution in [0.3, 0.4) is 0 Å². The van der Waals surface area contributed by atoms with Crippen LogP contribution in [0, 0.1) is 0 Å². The molecule has 0 saturated heterocycles. The Balaban J connectivity index is 0.000001000. The largest absolute Gasteiger partial charge is 0.0984 e. The molecule has 0 aliphatic heterocycles. The molecule has 1 rings (SSSR count). The molecule has 0 N–H and O–H groups in total. The highest BCUT2D eigenvalue weighted by molar-refractivity contribution is 5.63. The molecule has 0 aliphatic carbocycles. The van der Waals surface area contributed by atoms with Crippen LogP contribution in [-0.2, 0) is 0 Å². The van der Waals surface area contributed by atoms with Crippen molar-refractivity contribution >= 4 is 12.2 Å². The zero-order chi connectivity index (χ0) is 7.40. The zero-order valence-corrected chi connectivity index (χ0v) is 6.33. The first kappa shape index (κ1) is 9.66. The van der Waals surface area contributed by atoms with Crippen LogP contribution in [0.25, 0.3) is 12.2 Å². The van der Waals surface area contributed by atoms with Gasteiger partial charge in [-0.2, -0.15) is 0 Å². The lowest BCUT2D eigenvalue weighted by atomic mass is 10.1. The molecular weight excluding hydrogens is 134 g/mol. The first-order valence-corrected chi connectivity index (χ1v) is 3.22. The molecule has 0 aliphatic rings. The standard InChI is InChI=1S/C10H10.N/c1-3-9-7-5-6-8-10(9)4-2;/h3-8H,1-2H2;. The molecule has 0 fully saturated rings. The Morgan fingerprint density at radius 3 is 1.55 bits per heavy atom. The predicted octanol–water partition coefficient (Wildman–Crippen LogP) is 2.49. The fourth-order valence-electron chi connectivity index (χ4n) is 0.883. The minimum Gasteiger partial charge on any atom is -0.0984 e. The maximum absolute atomic E-state index is 3.69. The summed E-state index contributed by atoms with van der Waals surface area (Å²) in [6, 6.07) is 8.02. The molecule has 1 nitrogen and oxygen atoms in total. The highest BCUT2D eigenvalue weighted by Gasteiger charge is 1.89. The normalized spacial score (nSPS) is 8.00. The van der Waals surface area contributed by atoms with E-state index in [4.69, 9.17) is 0 Å². The Hall–Kier alpha value is -1.34. The summed E-state index contributed by atoms with van der Waals surface area (Å²) in [7, 11) is 0. The third-order valence-corrected chi connectivity index (χ3v) is 1.44. The summed E-state index contributed by atoms with van der Waals surface area (Å²) >= 11 is 0. The first-order chi connectivity index (χ1) is 4.88. The van der Waals surface area contributed by atoms with E-state index in [0.29, 0.717) is 0 Å². The van der Waals surface area contributed by atoms with Crippen LogP contribution in [0.2, 0.25) is 0 Å². The molecule has 0 bridgehead atoms. The van der Waals surface area contributed by atoms with Crippen LogP contribution in [0.5, 0.6) is 0 Å². The van der Waals surface area contributed by atoms with Crippen molar-refractivity contribution in [3.8, 4) is 0 Å². The van der Waals surface area contributed by atoms with E-state index in [2.05, 4.69) is 13.2 Å². The van der Waals surface area contributed by atoms with E-state index >= 15 is 0 Å². The van der Waals surface area contributed by atoms with Gasteiger partial charge in [0.1, 0.15) is 0 Å². The summed E-state index contributed by atoms with van der Waals surface area (Å²) in [6.07, 6.45) is 3.66. The van der Waals surface area contributed by atoms with Gasteiger partial charge in [-0.05, 0) is 11.1 Å². The lowest BCUT2D eigenvalue weighted by molar-refractivity contribution is 1.62. The Morgan fingerprint density at radius 2 is 1.27 bits per heavy atom. The number of hydrogen-bond acceptors (Lipinski definition) is 0. The Labute approximate surface area is 67.6 Å². The van der Waals surface area contributed by atoms with Gasteiger partial charge in [-0.25, -0.2) is 0 Å². The van der Waals surface area contributed by atoms with Gasteiger partial charge in [-0.15, -0.1) is 0 Å². The molecule has 0 saturated carbocycles. The summed E-state index contributed by atoms with van der Waals surface area (Å²) in [4.78, 5) is 0. The summed E-state index contributed by atoms with van der Waals surface area (Å²) in [5.74, 6) is 0. The molecule has 1 aromatic rings. The zero-order valence-electron chi connectivity index (χ0n) is 6.33. The van der Waals surface area contributed by atoms with E-state index in [1.54, 1.807) is 0 Å². The minimum absolute atomic E-state index is 0. The quantitative estimate of drug-likeness (QED) is 0.610. The monoisotopic (exact) mass is 144 g/mol. The van der Waals surface area contributed by atoms with Crippen molar-refractivity contribution in [3.63, 3.8) is 0 Å². The fourth-order valence-corrected chi connectivity index (χ4v) is 0.883. The van der Waals surface area contributed by atoms with Gasteiger partial charge in [-0.1, -0.05) is 49.6 Å². The van der Waals surface area contributed by atoms with Crippen LogP contribution < -0.4 is 6.15 Å². The van der Waals surface area contributed by atoms with Crippen molar-refractivity contribution in [3.05, 3.63) is 48.6 Å². The van der Waals surface area contributed by atoms with Gasteiger partial charge in [0.15, 0.2) is 0 Å². The predicted molar refractivity (Wildman–Crippen MR) is 48.8 cm³/mol. The van der Waals surface area contributed by atoms with Gasteiger partial charge in [0.2, 0.25) is 0 Å². The molecule has 0 spiro atoms. The lowest BCUT2D eigenvalue weighted by Gasteiger charge is -1.96. The van der Waals surface area contributed by atoms with E-state index in [1.165, 1.54) is 0 Å². The molecule has 1 heteroatoms. The van der Waals surface area contributed by atoms with Crippen LogP contribution >= 0.6 is 0 Å². The molecule has 55 valence electrons. The molecule has 3 radical (unpaired) electrons. The van der Waals surface area contributed by atoms with Crippen LogP contribution in [0.15, 0.2) is 37.4 Å². The molecule has 11 heavy (non-hydrogen) atoms. The molecule has 0 unspecified atom stereocenters. The molecule has 0 aromatic heterocycles. The number of rotatable bonds is 2. The van der Waals surface area contributed by atoms with E-state index in [0.717, 1.165) is 11.1 Å². The van der Waals surface area contributed by atoms with Gasteiger partial charge in [0, 0.05) is 6.15 Å². The third kappa shape index (κ3) is 2.06. The van der Waals surface area contributed by atoms with E-state index < -0.39 is 0 Å². The summed E-state index contributed by atoms with van der Waals surface area (Å²) in [5, 5.41) is 0. The Morgan fingerprint density at radius 1 is 0.909 bits per heavy atom. The highest BCUT2D eigenvalue weighted by atomic mass is 14.0. The summed E-state index contributed by atoms with van der Waals surface area (Å²) in [6.45, 7) is 7.38. The SMILES string of the molecule is C=Cc1ccccc1C=C.[N]. The van der Waals surface area contributed by atoms with Crippen molar-refractivity contribution in [2.45, 2.75) is 0 Å². The molecule has 0 atom stereocenters. The minimum atomic E-state index is 0. The summed E-state index contributed by atoms with van der Waals surface area (Å²) in [5.41, 5.74) is 2.27. The van der Waals surface area contributed by atoms with Crippen molar-refractivity contribution in [2.24, 2.45) is 0 Å². The first-order valence-electron chi connectivity index (χ1n) is 3.22.